The predicted octanol–water partition coefficient (Wildman–Crippen LogP) is 4.32. The predicted molar refractivity (Wildman–Crippen MR) is 78.8 cm³/mol. The van der Waals surface area contributed by atoms with Crippen LogP contribution in [0.25, 0.3) is 6.08 Å². The minimum Gasteiger partial charge on any atom is -0.457 e. The molecule has 2 aromatic carbocycles. The van der Waals surface area contributed by atoms with E-state index >= 15 is 0 Å². The Morgan fingerprint density at radius 3 is 2.33 bits per heavy atom. The van der Waals surface area contributed by atoms with Crippen molar-refractivity contribution >= 4 is 15.9 Å². The van der Waals surface area contributed by atoms with Gasteiger partial charge in [0.1, 0.15) is 23.1 Å². The van der Waals surface area contributed by atoms with E-state index in [-0.39, 0.29) is 23.5 Å². The number of ether oxygens (including phenoxy) is 1. The van der Waals surface area contributed by atoms with E-state index in [1.54, 1.807) is 6.08 Å². The fraction of sp³-hybridized carbons (Fsp3) is 0.125. The SMILES string of the molecule is O=S(=O)(c1ccc(Oc2cc(F)cc(F)c2)c2c1C=CC2)C(F)F. The standard InChI is InChI=1S/C16H10F4O3S/c17-9-6-10(18)8-11(7-9)23-14-4-5-15(24(21,22)16(19)20)13-3-1-2-12(13)14/h1,3-8,16H,2H2. The van der Waals surface area contributed by atoms with Gasteiger partial charge in [-0.05, 0) is 18.6 Å². The molecule has 0 N–H and O–H groups in total. The van der Waals surface area contributed by atoms with Crippen LogP contribution in [-0.4, -0.2) is 14.2 Å². The molecule has 0 bridgehead atoms. The Balaban J connectivity index is 2.05. The van der Waals surface area contributed by atoms with E-state index in [2.05, 4.69) is 0 Å². The maximum Gasteiger partial charge on any atom is 0.341 e. The van der Waals surface area contributed by atoms with Gasteiger partial charge in [-0.25, -0.2) is 17.2 Å². The fourth-order valence-electron chi connectivity index (χ4n) is 2.47. The molecular formula is C16H10F4O3S. The molecule has 3 nitrogen and oxygen atoms in total. The van der Waals surface area contributed by atoms with Crippen molar-refractivity contribution in [1.82, 2.24) is 0 Å². The number of hydrogen-bond donors (Lipinski definition) is 0. The van der Waals surface area contributed by atoms with Crippen molar-refractivity contribution in [2.75, 3.05) is 0 Å². The monoisotopic (exact) mass is 358 g/mol. The minimum atomic E-state index is -4.77. The molecule has 0 radical (unpaired) electrons. The Morgan fingerprint density at radius 1 is 1.04 bits per heavy atom. The van der Waals surface area contributed by atoms with E-state index in [9.17, 15) is 26.0 Å². The summed E-state index contributed by atoms with van der Waals surface area (Å²) in [4.78, 5) is -0.501. The normalized spacial score (nSPS) is 13.4. The topological polar surface area (TPSA) is 43.4 Å². The number of allylic oxidation sites excluding steroid dienone is 1. The highest BCUT2D eigenvalue weighted by Crippen LogP contribution is 2.37. The van der Waals surface area contributed by atoms with Gasteiger partial charge in [-0.15, -0.1) is 0 Å². The third-order valence-corrected chi connectivity index (χ3v) is 4.92. The summed E-state index contributed by atoms with van der Waals surface area (Å²) in [6.07, 6.45) is 3.26. The van der Waals surface area contributed by atoms with Crippen LogP contribution in [0.3, 0.4) is 0 Å². The largest absolute Gasteiger partial charge is 0.457 e. The summed E-state index contributed by atoms with van der Waals surface area (Å²) >= 11 is 0. The summed E-state index contributed by atoms with van der Waals surface area (Å²) in [5.74, 6) is -5.19. The van der Waals surface area contributed by atoms with Crippen LogP contribution >= 0.6 is 0 Å². The van der Waals surface area contributed by atoms with Crippen molar-refractivity contribution in [2.45, 2.75) is 17.1 Å². The molecule has 0 fully saturated rings. The Morgan fingerprint density at radius 2 is 1.71 bits per heavy atom. The van der Waals surface area contributed by atoms with Crippen LogP contribution in [-0.2, 0) is 16.3 Å². The number of halogens is 4. The first-order valence-corrected chi connectivity index (χ1v) is 8.32. The molecule has 0 aromatic heterocycles. The van der Waals surface area contributed by atoms with E-state index in [1.807, 2.05) is 0 Å². The fourth-order valence-corrected chi connectivity index (χ4v) is 3.41. The molecule has 24 heavy (non-hydrogen) atoms. The van der Waals surface area contributed by atoms with Crippen LogP contribution in [0.4, 0.5) is 17.6 Å². The van der Waals surface area contributed by atoms with Crippen molar-refractivity contribution in [3.05, 3.63) is 59.2 Å². The van der Waals surface area contributed by atoms with Crippen molar-refractivity contribution in [2.24, 2.45) is 0 Å². The van der Waals surface area contributed by atoms with Gasteiger partial charge < -0.3 is 4.74 Å². The first-order valence-electron chi connectivity index (χ1n) is 6.77. The highest BCUT2D eigenvalue weighted by atomic mass is 32.2. The van der Waals surface area contributed by atoms with E-state index < -0.39 is 32.1 Å². The zero-order chi connectivity index (χ0) is 17.5. The first-order chi connectivity index (χ1) is 11.3. The minimum absolute atomic E-state index is 0.102. The summed E-state index contributed by atoms with van der Waals surface area (Å²) in [6, 6.07) is 4.80. The van der Waals surface area contributed by atoms with Gasteiger partial charge in [0, 0.05) is 29.3 Å². The van der Waals surface area contributed by atoms with Crippen LogP contribution in [0.5, 0.6) is 11.5 Å². The summed E-state index contributed by atoms with van der Waals surface area (Å²) in [5, 5.41) is 0. The summed E-state index contributed by atoms with van der Waals surface area (Å²) in [6.45, 7) is 0. The molecule has 0 spiro atoms. The number of benzene rings is 2. The summed E-state index contributed by atoms with van der Waals surface area (Å²) in [5.41, 5.74) is 0.464. The Bertz CT molecular complexity index is 916. The summed E-state index contributed by atoms with van der Waals surface area (Å²) in [7, 11) is -4.77. The molecule has 3 rings (SSSR count). The zero-order valence-electron chi connectivity index (χ0n) is 12.0. The smallest absolute Gasteiger partial charge is 0.341 e. The van der Waals surface area contributed by atoms with Crippen molar-refractivity contribution in [3.8, 4) is 11.5 Å². The Kier molecular flexibility index (Phi) is 4.08. The molecule has 0 saturated carbocycles. The molecule has 0 atom stereocenters. The van der Waals surface area contributed by atoms with Crippen LogP contribution in [0, 0.1) is 11.6 Å². The van der Waals surface area contributed by atoms with Crippen molar-refractivity contribution in [3.63, 3.8) is 0 Å². The molecular weight excluding hydrogens is 348 g/mol. The third-order valence-electron chi connectivity index (χ3n) is 3.49. The molecule has 1 aliphatic carbocycles. The van der Waals surface area contributed by atoms with Crippen molar-refractivity contribution < 1.29 is 30.7 Å². The number of sulfone groups is 1. The number of rotatable bonds is 4. The summed E-state index contributed by atoms with van der Waals surface area (Å²) < 4.78 is 80.9. The maximum absolute atomic E-state index is 13.2. The first kappa shape index (κ1) is 16.5. The van der Waals surface area contributed by atoms with E-state index in [1.165, 1.54) is 12.1 Å². The average Bonchev–Trinajstić information content (AvgIpc) is 2.95. The lowest BCUT2D eigenvalue weighted by molar-refractivity contribution is 0.234. The molecule has 126 valence electrons. The molecule has 0 aliphatic heterocycles. The quantitative estimate of drug-likeness (QED) is 0.765. The van der Waals surface area contributed by atoms with E-state index in [0.29, 0.717) is 11.6 Å². The second kappa shape index (κ2) is 5.94. The third kappa shape index (κ3) is 2.89. The van der Waals surface area contributed by atoms with Gasteiger partial charge in [0.05, 0.1) is 4.90 Å². The van der Waals surface area contributed by atoms with Gasteiger partial charge in [-0.1, -0.05) is 12.2 Å². The van der Waals surface area contributed by atoms with Crippen LogP contribution in [0.1, 0.15) is 11.1 Å². The second-order valence-electron chi connectivity index (χ2n) is 5.07. The van der Waals surface area contributed by atoms with Gasteiger partial charge in [-0.2, -0.15) is 8.78 Å². The van der Waals surface area contributed by atoms with Crippen LogP contribution in [0.15, 0.2) is 41.3 Å². The van der Waals surface area contributed by atoms with Gasteiger partial charge in [0.15, 0.2) is 0 Å². The molecule has 0 saturated heterocycles. The maximum atomic E-state index is 13.2. The highest BCUT2D eigenvalue weighted by molar-refractivity contribution is 7.91. The van der Waals surface area contributed by atoms with Gasteiger partial charge >= 0.3 is 5.76 Å². The molecule has 0 amide bonds. The lowest BCUT2D eigenvalue weighted by Gasteiger charge is -2.14. The Labute approximate surface area is 135 Å². The van der Waals surface area contributed by atoms with Crippen LogP contribution in [0.2, 0.25) is 0 Å². The zero-order valence-corrected chi connectivity index (χ0v) is 12.8. The molecule has 0 heterocycles. The van der Waals surface area contributed by atoms with Crippen molar-refractivity contribution in [1.29, 1.82) is 0 Å². The molecule has 0 unspecified atom stereocenters. The van der Waals surface area contributed by atoms with Gasteiger partial charge in [-0.3, -0.25) is 0 Å². The van der Waals surface area contributed by atoms with Gasteiger partial charge in [0.25, 0.3) is 0 Å². The Hall–Kier alpha value is -2.35. The highest BCUT2D eigenvalue weighted by Gasteiger charge is 2.31. The van der Waals surface area contributed by atoms with E-state index in [0.717, 1.165) is 18.2 Å². The van der Waals surface area contributed by atoms with Crippen LogP contribution < -0.4 is 4.74 Å². The van der Waals surface area contributed by atoms with Gasteiger partial charge in [0.2, 0.25) is 9.84 Å². The molecule has 1 aliphatic rings. The number of alkyl halides is 2. The lowest BCUT2D eigenvalue weighted by Crippen LogP contribution is -2.13. The molecule has 8 heteroatoms. The lowest BCUT2D eigenvalue weighted by atomic mass is 10.1. The van der Waals surface area contributed by atoms with E-state index in [4.69, 9.17) is 4.74 Å². The average molecular weight is 358 g/mol. The number of hydrogen-bond acceptors (Lipinski definition) is 3. The molecule has 2 aromatic rings. The second-order valence-corrected chi connectivity index (χ2v) is 6.96. The number of fused-ring (bicyclic) bond motifs is 1.